The molecule has 7 heteroatoms. The summed E-state index contributed by atoms with van der Waals surface area (Å²) in [7, 11) is 0. The molecule has 2 amide bonds. The fourth-order valence-corrected chi connectivity index (χ4v) is 3.87. The zero-order valence-electron chi connectivity index (χ0n) is 16.3. The Morgan fingerprint density at radius 2 is 1.79 bits per heavy atom. The summed E-state index contributed by atoms with van der Waals surface area (Å²) in [6, 6.07) is 18.1. The van der Waals surface area contributed by atoms with E-state index in [1.165, 1.54) is 6.07 Å². The summed E-state index contributed by atoms with van der Waals surface area (Å²) in [5, 5.41) is 3.64. The Morgan fingerprint density at radius 1 is 1.04 bits per heavy atom. The van der Waals surface area contributed by atoms with Gasteiger partial charge in [0.25, 0.3) is 5.24 Å². The number of carbonyl (C=O) groups excluding carboxylic acids is 2. The van der Waals surface area contributed by atoms with Crippen LogP contribution in [0.3, 0.4) is 0 Å². The summed E-state index contributed by atoms with van der Waals surface area (Å²) in [5.74, 6) is 0.145. The minimum absolute atomic E-state index is 0. The molecular weight excluding hydrogens is 388 g/mol. The van der Waals surface area contributed by atoms with Gasteiger partial charge in [0.1, 0.15) is 18.2 Å². The standard InChI is InChI=1S/C21H16FNO3S.Na.H/c22-18-4-2-1-3-16(18)12-26-17-8-7-14-9-13(5-6-15(14)11-17)10-19-20(24)23-21(25)27-19;;/h1-9,11,19H,10,12H2,(H,23,24,25);;/q;+1;-1. The number of carbonyl (C=O) groups is 2. The molecule has 0 spiro atoms. The van der Waals surface area contributed by atoms with Crippen LogP contribution in [0.1, 0.15) is 12.6 Å². The summed E-state index contributed by atoms with van der Waals surface area (Å²) in [5.41, 5.74) is 1.50. The Morgan fingerprint density at radius 3 is 2.54 bits per heavy atom. The third kappa shape index (κ3) is 4.75. The molecule has 0 saturated carbocycles. The van der Waals surface area contributed by atoms with Gasteiger partial charge in [0.15, 0.2) is 0 Å². The quantitative estimate of drug-likeness (QED) is 0.655. The van der Waals surface area contributed by atoms with Crippen molar-refractivity contribution in [2.24, 2.45) is 0 Å². The van der Waals surface area contributed by atoms with Crippen molar-refractivity contribution in [3.63, 3.8) is 0 Å². The molecule has 0 radical (unpaired) electrons. The van der Waals surface area contributed by atoms with Crippen molar-refractivity contribution in [3.05, 3.63) is 77.6 Å². The van der Waals surface area contributed by atoms with Crippen LogP contribution in [0.25, 0.3) is 10.8 Å². The molecule has 0 aliphatic carbocycles. The van der Waals surface area contributed by atoms with E-state index in [1.807, 2.05) is 36.4 Å². The van der Waals surface area contributed by atoms with Crippen LogP contribution in [0.2, 0.25) is 0 Å². The van der Waals surface area contributed by atoms with E-state index in [2.05, 4.69) is 5.32 Å². The SMILES string of the molecule is O=C1NC(=O)C(Cc2ccc3cc(OCc4ccccc4F)ccc3c2)S1.[H-].[Na+]. The van der Waals surface area contributed by atoms with Crippen molar-refractivity contribution in [1.29, 1.82) is 0 Å². The first kappa shape index (κ1) is 20.9. The molecule has 1 heterocycles. The Balaban J connectivity index is 0.00000150. The van der Waals surface area contributed by atoms with E-state index in [0.717, 1.165) is 28.1 Å². The van der Waals surface area contributed by atoms with E-state index >= 15 is 0 Å². The molecule has 1 unspecified atom stereocenters. The molecule has 1 fully saturated rings. The molecule has 3 aromatic carbocycles. The van der Waals surface area contributed by atoms with Gasteiger partial charge in [-0.2, -0.15) is 0 Å². The van der Waals surface area contributed by atoms with E-state index < -0.39 is 0 Å². The van der Waals surface area contributed by atoms with Crippen molar-refractivity contribution in [2.75, 3.05) is 0 Å². The molecule has 1 atom stereocenters. The van der Waals surface area contributed by atoms with Gasteiger partial charge in [0.2, 0.25) is 5.91 Å². The number of fused-ring (bicyclic) bond motifs is 1. The normalized spacial score (nSPS) is 16.0. The third-order valence-corrected chi connectivity index (χ3v) is 5.40. The van der Waals surface area contributed by atoms with E-state index in [0.29, 0.717) is 17.7 Å². The fourth-order valence-electron chi connectivity index (χ4n) is 3.01. The molecule has 4 rings (SSSR count). The van der Waals surface area contributed by atoms with Gasteiger partial charge < -0.3 is 6.16 Å². The molecule has 1 N–H and O–H groups in total. The maximum absolute atomic E-state index is 13.7. The summed E-state index contributed by atoms with van der Waals surface area (Å²) < 4.78 is 19.4. The van der Waals surface area contributed by atoms with Gasteiger partial charge >= 0.3 is 29.6 Å². The van der Waals surface area contributed by atoms with Gasteiger partial charge in [-0.1, -0.05) is 54.2 Å². The summed E-state index contributed by atoms with van der Waals surface area (Å²) >= 11 is 1.03. The molecule has 0 aromatic heterocycles. The van der Waals surface area contributed by atoms with Crippen LogP contribution < -0.4 is 39.6 Å². The summed E-state index contributed by atoms with van der Waals surface area (Å²) in [6.07, 6.45) is 0.504. The Bertz CT molecular complexity index is 1050. The molecule has 4 nitrogen and oxygen atoms in total. The van der Waals surface area contributed by atoms with Crippen molar-refractivity contribution in [3.8, 4) is 5.75 Å². The topological polar surface area (TPSA) is 55.4 Å². The zero-order chi connectivity index (χ0) is 18.8. The van der Waals surface area contributed by atoms with E-state index in [1.54, 1.807) is 18.2 Å². The van der Waals surface area contributed by atoms with Crippen LogP contribution in [-0.4, -0.2) is 16.4 Å². The molecule has 28 heavy (non-hydrogen) atoms. The second-order valence-corrected chi connectivity index (χ2v) is 7.49. The van der Waals surface area contributed by atoms with Crippen LogP contribution in [0.5, 0.6) is 5.75 Å². The molecule has 1 aliphatic rings. The second kappa shape index (κ2) is 9.09. The largest absolute Gasteiger partial charge is 1.00 e. The number of hydrogen-bond acceptors (Lipinski definition) is 4. The Labute approximate surface area is 189 Å². The average Bonchev–Trinajstić information content (AvgIpc) is 2.98. The van der Waals surface area contributed by atoms with Gasteiger partial charge in [-0.15, -0.1) is 0 Å². The summed E-state index contributed by atoms with van der Waals surface area (Å²) in [6.45, 7) is 0.165. The second-order valence-electron chi connectivity index (χ2n) is 6.31. The van der Waals surface area contributed by atoms with E-state index in [-0.39, 0.29) is 59.8 Å². The maximum atomic E-state index is 13.7. The van der Waals surface area contributed by atoms with Gasteiger partial charge in [-0.05, 0) is 41.0 Å². The van der Waals surface area contributed by atoms with Gasteiger partial charge in [-0.3, -0.25) is 14.9 Å². The maximum Gasteiger partial charge on any atom is 1.00 e. The number of rotatable bonds is 5. The number of ether oxygens (including phenoxy) is 1. The molecular formula is C21H17FNNaO3S. The zero-order valence-corrected chi connectivity index (χ0v) is 18.1. The van der Waals surface area contributed by atoms with Crippen molar-refractivity contribution in [2.45, 2.75) is 18.3 Å². The first-order chi connectivity index (χ1) is 13.1. The fraction of sp³-hybridized carbons (Fsp3) is 0.143. The third-order valence-electron chi connectivity index (χ3n) is 4.42. The monoisotopic (exact) mass is 405 g/mol. The first-order valence-electron chi connectivity index (χ1n) is 8.49. The van der Waals surface area contributed by atoms with Crippen molar-refractivity contribution >= 4 is 33.7 Å². The number of hydrogen-bond donors (Lipinski definition) is 1. The number of nitrogens with one attached hydrogen (secondary N) is 1. The van der Waals surface area contributed by atoms with Crippen LogP contribution in [0.15, 0.2) is 60.7 Å². The van der Waals surface area contributed by atoms with Crippen LogP contribution >= 0.6 is 11.8 Å². The number of thioether (sulfide) groups is 1. The van der Waals surface area contributed by atoms with Crippen LogP contribution in [0, 0.1) is 5.82 Å². The van der Waals surface area contributed by atoms with E-state index in [9.17, 15) is 14.0 Å². The molecule has 0 bridgehead atoms. The van der Waals surface area contributed by atoms with Gasteiger partial charge in [0.05, 0.1) is 5.25 Å². The molecule has 138 valence electrons. The van der Waals surface area contributed by atoms with Crippen molar-refractivity contribution in [1.82, 2.24) is 5.32 Å². The van der Waals surface area contributed by atoms with Crippen LogP contribution in [0.4, 0.5) is 9.18 Å². The predicted molar refractivity (Wildman–Crippen MR) is 104 cm³/mol. The Kier molecular flexibility index (Phi) is 6.78. The summed E-state index contributed by atoms with van der Waals surface area (Å²) in [4.78, 5) is 23.0. The number of imide groups is 1. The number of benzene rings is 3. The average molecular weight is 405 g/mol. The van der Waals surface area contributed by atoms with Gasteiger partial charge in [0, 0.05) is 5.56 Å². The minimum atomic E-state index is -0.377. The first-order valence-corrected chi connectivity index (χ1v) is 9.37. The molecule has 1 saturated heterocycles. The molecule has 1 aliphatic heterocycles. The number of amides is 2. The smallest absolute Gasteiger partial charge is 1.00 e. The van der Waals surface area contributed by atoms with Gasteiger partial charge in [-0.25, -0.2) is 4.39 Å². The number of halogens is 1. The minimum Gasteiger partial charge on any atom is -1.00 e. The predicted octanol–water partition coefficient (Wildman–Crippen LogP) is 1.57. The van der Waals surface area contributed by atoms with E-state index in [4.69, 9.17) is 4.74 Å². The van der Waals surface area contributed by atoms with Crippen LogP contribution in [-0.2, 0) is 17.8 Å². The molecule has 3 aromatic rings. The van der Waals surface area contributed by atoms with Crippen molar-refractivity contribution < 1.29 is 49.7 Å². The Hall–Kier alpha value is -1.86.